The van der Waals surface area contributed by atoms with Gasteiger partial charge in [0.2, 0.25) is 0 Å². The molecule has 2 heterocycles. The number of carbonyl (C=O) groups excluding carboxylic acids is 1. The van der Waals surface area contributed by atoms with Crippen molar-refractivity contribution in [3.8, 4) is 0 Å². The minimum Gasteiger partial charge on any atom is -0.465 e. The Hall–Kier alpha value is -2.77. The zero-order valence-corrected chi connectivity index (χ0v) is 17.1. The maximum Gasteiger partial charge on any atom is 0.341 e. The lowest BCUT2D eigenvalue weighted by molar-refractivity contribution is 0.0599. The summed E-state index contributed by atoms with van der Waals surface area (Å²) in [5, 5.41) is 11.0. The molecule has 0 radical (unpaired) electrons. The van der Waals surface area contributed by atoms with Gasteiger partial charge in [0.25, 0.3) is 0 Å². The van der Waals surface area contributed by atoms with Gasteiger partial charge in [-0.2, -0.15) is 5.10 Å². The number of aliphatic imine (C=N–C) groups is 1. The number of aryl methyl sites for hydroxylation is 3. The lowest BCUT2D eigenvalue weighted by atomic mass is 10.1. The third-order valence-electron chi connectivity index (χ3n) is 4.58. The Balaban J connectivity index is 1.95. The molecule has 0 aliphatic rings. The highest BCUT2D eigenvalue weighted by Gasteiger charge is 2.16. The van der Waals surface area contributed by atoms with E-state index in [0.29, 0.717) is 29.6 Å². The Kier molecular flexibility index (Phi) is 6.65. The van der Waals surface area contributed by atoms with Crippen LogP contribution in [0.2, 0.25) is 0 Å². The number of guanidine groups is 1. The molecular weight excluding hydrogens is 346 g/mol. The molecule has 148 valence electrons. The van der Waals surface area contributed by atoms with Crippen molar-refractivity contribution in [3.05, 3.63) is 40.1 Å². The van der Waals surface area contributed by atoms with Crippen molar-refractivity contribution in [2.75, 3.05) is 14.2 Å². The van der Waals surface area contributed by atoms with Crippen molar-refractivity contribution >= 4 is 11.9 Å². The first kappa shape index (κ1) is 20.5. The third-order valence-corrected chi connectivity index (χ3v) is 4.58. The van der Waals surface area contributed by atoms with Crippen molar-refractivity contribution in [3.63, 3.8) is 0 Å². The van der Waals surface area contributed by atoms with E-state index in [0.717, 1.165) is 12.1 Å². The quantitative estimate of drug-likeness (QED) is 0.456. The number of methoxy groups -OCH3 is 1. The Morgan fingerprint density at radius 2 is 2.11 bits per heavy atom. The summed E-state index contributed by atoms with van der Waals surface area (Å²) in [5.41, 5.74) is 3.91. The number of ether oxygens (including phenoxy) is 1. The maximum atomic E-state index is 11.7. The number of esters is 1. The Morgan fingerprint density at radius 3 is 2.67 bits per heavy atom. The highest BCUT2D eigenvalue weighted by Crippen LogP contribution is 2.16. The molecule has 2 aromatic heterocycles. The monoisotopic (exact) mass is 375 g/mol. The van der Waals surface area contributed by atoms with E-state index in [2.05, 4.69) is 34.6 Å². The van der Waals surface area contributed by atoms with Gasteiger partial charge in [0, 0.05) is 25.8 Å². The van der Waals surface area contributed by atoms with E-state index in [9.17, 15) is 4.79 Å². The predicted octanol–water partition coefficient (Wildman–Crippen LogP) is 2.02. The van der Waals surface area contributed by atoms with Gasteiger partial charge in [-0.05, 0) is 45.7 Å². The van der Waals surface area contributed by atoms with Crippen LogP contribution in [0.25, 0.3) is 0 Å². The molecule has 0 aromatic carbocycles. The van der Waals surface area contributed by atoms with E-state index < -0.39 is 5.97 Å². The summed E-state index contributed by atoms with van der Waals surface area (Å²) < 4.78 is 12.3. The molecule has 0 aliphatic carbocycles. The number of furan rings is 1. The Morgan fingerprint density at radius 1 is 1.41 bits per heavy atom. The zero-order chi connectivity index (χ0) is 20.1. The molecule has 0 aliphatic heterocycles. The second-order valence-corrected chi connectivity index (χ2v) is 6.62. The van der Waals surface area contributed by atoms with Crippen LogP contribution in [0.4, 0.5) is 0 Å². The molecule has 0 saturated carbocycles. The highest BCUT2D eigenvalue weighted by atomic mass is 16.5. The fourth-order valence-corrected chi connectivity index (χ4v) is 3.01. The van der Waals surface area contributed by atoms with Gasteiger partial charge in [-0.15, -0.1) is 0 Å². The van der Waals surface area contributed by atoms with Crippen LogP contribution in [-0.4, -0.2) is 41.9 Å². The fourth-order valence-electron chi connectivity index (χ4n) is 3.01. The highest BCUT2D eigenvalue weighted by molar-refractivity contribution is 5.90. The summed E-state index contributed by atoms with van der Waals surface area (Å²) in [7, 11) is 5.03. The van der Waals surface area contributed by atoms with Crippen molar-refractivity contribution in [1.82, 2.24) is 20.4 Å². The topological polar surface area (TPSA) is 93.7 Å². The molecule has 1 unspecified atom stereocenters. The van der Waals surface area contributed by atoms with Crippen LogP contribution < -0.4 is 10.6 Å². The Labute approximate surface area is 160 Å². The minimum absolute atomic E-state index is 0.168. The molecule has 1 atom stereocenters. The second kappa shape index (κ2) is 8.75. The number of hydrogen-bond donors (Lipinski definition) is 2. The standard InChI is InChI=1S/C19H29N5O3/c1-11(8-16-12(2)23-24(6)13(16)3)22-19(20-5)21-10-15-9-17(14(4)27-15)18(25)26-7/h9,11H,8,10H2,1-7H3,(H2,20,21,22). The van der Waals surface area contributed by atoms with Crippen molar-refractivity contribution < 1.29 is 13.9 Å². The van der Waals surface area contributed by atoms with Crippen LogP contribution in [0.15, 0.2) is 15.5 Å². The van der Waals surface area contributed by atoms with Crippen molar-refractivity contribution in [2.45, 2.75) is 46.7 Å². The van der Waals surface area contributed by atoms with Crippen LogP contribution in [0, 0.1) is 20.8 Å². The van der Waals surface area contributed by atoms with Gasteiger partial charge in [-0.3, -0.25) is 9.67 Å². The third kappa shape index (κ3) is 4.90. The largest absolute Gasteiger partial charge is 0.465 e. The van der Waals surface area contributed by atoms with E-state index in [-0.39, 0.29) is 6.04 Å². The molecule has 0 spiro atoms. The van der Waals surface area contributed by atoms with Crippen LogP contribution >= 0.6 is 0 Å². The molecular formula is C19H29N5O3. The summed E-state index contributed by atoms with van der Waals surface area (Å²) >= 11 is 0. The summed E-state index contributed by atoms with van der Waals surface area (Å²) in [6, 6.07) is 1.86. The maximum absolute atomic E-state index is 11.7. The van der Waals surface area contributed by atoms with Crippen LogP contribution in [0.3, 0.4) is 0 Å². The lowest BCUT2D eigenvalue weighted by Gasteiger charge is -2.18. The second-order valence-electron chi connectivity index (χ2n) is 6.62. The average Bonchev–Trinajstić information content (AvgIpc) is 3.12. The zero-order valence-electron chi connectivity index (χ0n) is 17.1. The van der Waals surface area contributed by atoms with E-state index in [1.54, 1.807) is 20.0 Å². The van der Waals surface area contributed by atoms with Crippen molar-refractivity contribution in [2.24, 2.45) is 12.0 Å². The van der Waals surface area contributed by atoms with E-state index in [1.807, 2.05) is 18.7 Å². The molecule has 8 heteroatoms. The normalized spacial score (nSPS) is 12.8. The van der Waals surface area contributed by atoms with Crippen LogP contribution in [-0.2, 0) is 24.8 Å². The molecule has 0 amide bonds. The van der Waals surface area contributed by atoms with Crippen molar-refractivity contribution in [1.29, 1.82) is 0 Å². The minimum atomic E-state index is -0.402. The number of rotatable bonds is 6. The van der Waals surface area contributed by atoms with Gasteiger partial charge in [-0.25, -0.2) is 4.79 Å². The number of hydrogen-bond acceptors (Lipinski definition) is 5. The Bertz CT molecular complexity index is 835. The molecule has 2 rings (SSSR count). The van der Waals surface area contributed by atoms with E-state index in [4.69, 9.17) is 9.15 Å². The van der Waals surface area contributed by atoms with E-state index in [1.165, 1.54) is 18.4 Å². The molecule has 2 N–H and O–H groups in total. The number of nitrogens with one attached hydrogen (secondary N) is 2. The van der Waals surface area contributed by atoms with Gasteiger partial charge >= 0.3 is 5.97 Å². The lowest BCUT2D eigenvalue weighted by Crippen LogP contribution is -2.42. The van der Waals surface area contributed by atoms with Gasteiger partial charge in [0.1, 0.15) is 17.1 Å². The van der Waals surface area contributed by atoms with Gasteiger partial charge < -0.3 is 19.8 Å². The first-order valence-corrected chi connectivity index (χ1v) is 8.90. The average molecular weight is 375 g/mol. The molecule has 0 saturated heterocycles. The molecule has 0 bridgehead atoms. The van der Waals surface area contributed by atoms with Gasteiger partial charge in [0.15, 0.2) is 5.96 Å². The summed E-state index contributed by atoms with van der Waals surface area (Å²) in [6.45, 7) is 8.36. The SMILES string of the molecule is CN=C(NCc1cc(C(=O)OC)c(C)o1)NC(C)Cc1c(C)nn(C)c1C. The predicted molar refractivity (Wildman–Crippen MR) is 104 cm³/mol. The summed E-state index contributed by atoms with van der Waals surface area (Å²) in [5.74, 6) is 1.44. The fraction of sp³-hybridized carbons (Fsp3) is 0.526. The molecule has 27 heavy (non-hydrogen) atoms. The first-order chi connectivity index (χ1) is 12.8. The number of carbonyl (C=O) groups is 1. The molecule has 2 aromatic rings. The summed E-state index contributed by atoms with van der Waals surface area (Å²) in [4.78, 5) is 15.9. The summed E-state index contributed by atoms with van der Waals surface area (Å²) in [6.07, 6.45) is 0.846. The number of aromatic nitrogens is 2. The van der Waals surface area contributed by atoms with Crippen LogP contribution in [0.1, 0.15) is 45.8 Å². The first-order valence-electron chi connectivity index (χ1n) is 8.90. The van der Waals surface area contributed by atoms with Gasteiger partial charge in [-0.1, -0.05) is 0 Å². The smallest absolute Gasteiger partial charge is 0.341 e. The number of nitrogens with zero attached hydrogens (tertiary/aromatic N) is 3. The van der Waals surface area contributed by atoms with Crippen LogP contribution in [0.5, 0.6) is 0 Å². The van der Waals surface area contributed by atoms with E-state index >= 15 is 0 Å². The molecule has 0 fully saturated rings. The molecule has 8 nitrogen and oxygen atoms in total. The van der Waals surface area contributed by atoms with Gasteiger partial charge in [0.05, 0.1) is 19.3 Å².